The van der Waals surface area contributed by atoms with Crippen molar-refractivity contribution in [2.45, 2.75) is 62.9 Å². The smallest absolute Gasteiger partial charge is 0.292 e. The van der Waals surface area contributed by atoms with Gasteiger partial charge >= 0.3 is 0 Å². The van der Waals surface area contributed by atoms with E-state index >= 15 is 0 Å². The Bertz CT molecular complexity index is 983. The molecule has 2 aromatic rings. The fraction of sp³-hybridized carbons (Fsp3) is 0.560. The van der Waals surface area contributed by atoms with Crippen LogP contribution in [0, 0.1) is 11.8 Å². The van der Waals surface area contributed by atoms with Crippen molar-refractivity contribution in [3.63, 3.8) is 0 Å². The first-order valence-corrected chi connectivity index (χ1v) is 11.8. The molecule has 4 fully saturated rings. The van der Waals surface area contributed by atoms with Crippen LogP contribution in [-0.2, 0) is 11.2 Å². The molecule has 6 rings (SSSR count). The summed E-state index contributed by atoms with van der Waals surface area (Å²) in [5, 5.41) is 4.14. The van der Waals surface area contributed by atoms with E-state index in [9.17, 15) is 9.59 Å². The van der Waals surface area contributed by atoms with Crippen molar-refractivity contribution in [1.82, 2.24) is 15.0 Å². The van der Waals surface area contributed by atoms with Crippen LogP contribution in [0.5, 0.6) is 0 Å². The Morgan fingerprint density at radius 1 is 1.10 bits per heavy atom. The number of fused-ring (bicyclic) bond motifs is 4. The van der Waals surface area contributed by atoms with Crippen LogP contribution in [0.1, 0.15) is 66.3 Å². The number of benzene rings is 1. The maximum atomic E-state index is 13.3. The predicted molar refractivity (Wildman–Crippen MR) is 114 cm³/mol. The van der Waals surface area contributed by atoms with Gasteiger partial charge in [-0.2, -0.15) is 0 Å². The Hall–Kier alpha value is -2.63. The SMILES string of the molecule is O=C(c1cc(C2CC2)no1)N1C[C@H]2C[C@@H](C1)[C@H](Cc1ccccc1)N1C(=O)CCC[C@@H]21. The van der Waals surface area contributed by atoms with Crippen LogP contribution in [0.25, 0.3) is 0 Å². The highest BCUT2D eigenvalue weighted by molar-refractivity contribution is 5.91. The summed E-state index contributed by atoms with van der Waals surface area (Å²) >= 11 is 0. The van der Waals surface area contributed by atoms with Crippen molar-refractivity contribution >= 4 is 11.8 Å². The molecule has 1 aliphatic carbocycles. The van der Waals surface area contributed by atoms with Crippen LogP contribution in [0.4, 0.5) is 0 Å². The Balaban J connectivity index is 1.27. The van der Waals surface area contributed by atoms with Gasteiger partial charge in [0.25, 0.3) is 5.91 Å². The molecule has 3 saturated heterocycles. The Morgan fingerprint density at radius 3 is 2.71 bits per heavy atom. The molecule has 1 aromatic carbocycles. The number of amides is 2. The minimum atomic E-state index is -0.0388. The normalized spacial score (nSPS) is 30.3. The van der Waals surface area contributed by atoms with E-state index in [1.807, 2.05) is 17.0 Å². The number of nitrogens with zero attached hydrogens (tertiary/aromatic N) is 3. The molecule has 6 nitrogen and oxygen atoms in total. The average Bonchev–Trinajstić information content (AvgIpc) is 3.53. The van der Waals surface area contributed by atoms with Gasteiger partial charge < -0.3 is 14.3 Å². The molecular formula is C25H29N3O3. The van der Waals surface area contributed by atoms with Crippen molar-refractivity contribution < 1.29 is 14.1 Å². The van der Waals surface area contributed by atoms with E-state index in [1.54, 1.807) is 0 Å². The molecule has 3 aliphatic heterocycles. The number of hydrogen-bond donors (Lipinski definition) is 0. The molecule has 1 aromatic heterocycles. The van der Waals surface area contributed by atoms with Crippen molar-refractivity contribution in [3.05, 3.63) is 53.4 Å². The third kappa shape index (κ3) is 3.46. The van der Waals surface area contributed by atoms with E-state index < -0.39 is 0 Å². The van der Waals surface area contributed by atoms with Gasteiger partial charge in [-0.05, 0) is 55.9 Å². The minimum absolute atomic E-state index is 0.0388. The van der Waals surface area contributed by atoms with Gasteiger partial charge in [0.15, 0.2) is 0 Å². The van der Waals surface area contributed by atoms with Crippen molar-refractivity contribution in [3.8, 4) is 0 Å². The van der Waals surface area contributed by atoms with Crippen LogP contribution in [0.15, 0.2) is 40.9 Å². The first-order chi connectivity index (χ1) is 15.2. The summed E-state index contributed by atoms with van der Waals surface area (Å²) in [6.07, 6.45) is 6.90. The lowest BCUT2D eigenvalue weighted by atomic mass is 9.70. The molecule has 0 unspecified atom stereocenters. The van der Waals surface area contributed by atoms with Crippen LogP contribution < -0.4 is 0 Å². The van der Waals surface area contributed by atoms with E-state index in [4.69, 9.17) is 4.52 Å². The quantitative estimate of drug-likeness (QED) is 0.759. The van der Waals surface area contributed by atoms with Crippen LogP contribution in [0.3, 0.4) is 0 Å². The largest absolute Gasteiger partial charge is 0.351 e. The Morgan fingerprint density at radius 2 is 1.90 bits per heavy atom. The standard InChI is InChI=1S/C25H29N3O3/c29-24-8-4-7-21-18-12-19(22(28(21)24)11-16-5-2-1-3-6-16)15-27(14-18)25(30)23-13-20(26-31-23)17-9-10-17/h1-3,5-6,13,17-19,21-22H,4,7-12,14-15H2/t18-,19+,21+,22+/m1/s1. The molecule has 0 spiro atoms. The first-order valence-electron chi connectivity index (χ1n) is 11.8. The second-order valence-electron chi connectivity index (χ2n) is 9.87. The molecule has 4 atom stereocenters. The van der Waals surface area contributed by atoms with Gasteiger partial charge in [-0.3, -0.25) is 9.59 Å². The summed E-state index contributed by atoms with van der Waals surface area (Å²) in [5.74, 6) is 1.76. The number of rotatable bonds is 4. The zero-order valence-corrected chi connectivity index (χ0v) is 17.8. The highest BCUT2D eigenvalue weighted by Gasteiger charge is 2.50. The van der Waals surface area contributed by atoms with E-state index in [0.717, 1.165) is 44.2 Å². The molecule has 6 heteroatoms. The lowest BCUT2D eigenvalue weighted by Gasteiger charge is -2.56. The van der Waals surface area contributed by atoms with Gasteiger partial charge in [0, 0.05) is 43.6 Å². The number of carbonyl (C=O) groups excluding carboxylic acids is 2. The van der Waals surface area contributed by atoms with Gasteiger partial charge in [-0.25, -0.2) is 0 Å². The number of carbonyl (C=O) groups is 2. The van der Waals surface area contributed by atoms with Crippen molar-refractivity contribution in [2.75, 3.05) is 13.1 Å². The van der Waals surface area contributed by atoms with E-state index in [1.165, 1.54) is 5.56 Å². The predicted octanol–water partition coefficient (Wildman–Crippen LogP) is 3.64. The molecule has 2 amide bonds. The fourth-order valence-corrected chi connectivity index (χ4v) is 6.18. The van der Waals surface area contributed by atoms with Gasteiger partial charge in [-0.15, -0.1) is 0 Å². The zero-order chi connectivity index (χ0) is 20.9. The number of hydrogen-bond acceptors (Lipinski definition) is 4. The number of piperidine rings is 3. The lowest BCUT2D eigenvalue weighted by Crippen LogP contribution is -2.66. The van der Waals surface area contributed by atoms with E-state index in [-0.39, 0.29) is 18.0 Å². The van der Waals surface area contributed by atoms with Gasteiger partial charge in [0.2, 0.25) is 11.7 Å². The average molecular weight is 420 g/mol. The van der Waals surface area contributed by atoms with Gasteiger partial charge in [0.1, 0.15) is 0 Å². The van der Waals surface area contributed by atoms with Gasteiger partial charge in [0.05, 0.1) is 5.69 Å². The molecule has 4 heterocycles. The second-order valence-corrected chi connectivity index (χ2v) is 9.87. The summed E-state index contributed by atoms with van der Waals surface area (Å²) in [4.78, 5) is 30.5. The molecule has 31 heavy (non-hydrogen) atoms. The van der Waals surface area contributed by atoms with Crippen LogP contribution in [0.2, 0.25) is 0 Å². The summed E-state index contributed by atoms with van der Waals surface area (Å²) in [5.41, 5.74) is 2.18. The molecular weight excluding hydrogens is 390 g/mol. The third-order valence-corrected chi connectivity index (χ3v) is 7.81. The zero-order valence-electron chi connectivity index (χ0n) is 17.8. The van der Waals surface area contributed by atoms with Gasteiger partial charge in [-0.1, -0.05) is 35.5 Å². The van der Waals surface area contributed by atoms with Crippen LogP contribution >= 0.6 is 0 Å². The molecule has 0 N–H and O–H groups in total. The first kappa shape index (κ1) is 19.1. The summed E-state index contributed by atoms with van der Waals surface area (Å²) in [6, 6.07) is 12.7. The van der Waals surface area contributed by atoms with Crippen LogP contribution in [-0.4, -0.2) is 51.9 Å². The fourth-order valence-electron chi connectivity index (χ4n) is 6.18. The lowest BCUT2D eigenvalue weighted by molar-refractivity contribution is -0.151. The second kappa shape index (κ2) is 7.50. The number of likely N-dealkylation sites (tertiary alicyclic amines) is 1. The highest BCUT2D eigenvalue weighted by Crippen LogP contribution is 2.43. The molecule has 162 valence electrons. The Labute approximate surface area is 182 Å². The Kier molecular flexibility index (Phi) is 4.62. The summed E-state index contributed by atoms with van der Waals surface area (Å²) < 4.78 is 5.44. The number of aromatic nitrogens is 1. The maximum Gasteiger partial charge on any atom is 0.292 e. The van der Waals surface area contributed by atoms with E-state index in [2.05, 4.69) is 34.3 Å². The minimum Gasteiger partial charge on any atom is -0.351 e. The monoisotopic (exact) mass is 419 g/mol. The molecule has 1 saturated carbocycles. The molecule has 0 radical (unpaired) electrons. The topological polar surface area (TPSA) is 66.7 Å². The molecule has 2 bridgehead atoms. The van der Waals surface area contributed by atoms with Crippen molar-refractivity contribution in [2.24, 2.45) is 11.8 Å². The van der Waals surface area contributed by atoms with Crippen molar-refractivity contribution in [1.29, 1.82) is 0 Å². The van der Waals surface area contributed by atoms with E-state index in [0.29, 0.717) is 48.9 Å². The maximum absolute atomic E-state index is 13.3. The molecule has 4 aliphatic rings. The highest BCUT2D eigenvalue weighted by atomic mass is 16.5. The summed E-state index contributed by atoms with van der Waals surface area (Å²) in [6.45, 7) is 1.39. The third-order valence-electron chi connectivity index (χ3n) is 7.81. The summed E-state index contributed by atoms with van der Waals surface area (Å²) in [7, 11) is 0.